The maximum absolute atomic E-state index is 13.3. The van der Waals surface area contributed by atoms with Gasteiger partial charge in [-0.1, -0.05) is 0 Å². The van der Waals surface area contributed by atoms with Crippen LogP contribution in [0.4, 0.5) is 15.9 Å². The molecule has 0 aliphatic rings. The summed E-state index contributed by atoms with van der Waals surface area (Å²) in [6.07, 6.45) is 3.38. The minimum Gasteiger partial charge on any atom is -0.493 e. The summed E-state index contributed by atoms with van der Waals surface area (Å²) in [6, 6.07) is 13.4. The van der Waals surface area contributed by atoms with E-state index in [0.29, 0.717) is 34.2 Å². The fourth-order valence-electron chi connectivity index (χ4n) is 2.85. The molecular formula is C21H17FN4O2. The van der Waals surface area contributed by atoms with Gasteiger partial charge in [0, 0.05) is 35.1 Å². The zero-order valence-corrected chi connectivity index (χ0v) is 15.3. The number of aromatic nitrogens is 3. The first kappa shape index (κ1) is 17.7. The number of ether oxygens (including phenoxy) is 2. The van der Waals surface area contributed by atoms with E-state index in [0.717, 1.165) is 11.1 Å². The van der Waals surface area contributed by atoms with Crippen LogP contribution in [0.3, 0.4) is 0 Å². The van der Waals surface area contributed by atoms with Crippen LogP contribution in [0.25, 0.3) is 22.3 Å². The van der Waals surface area contributed by atoms with Crippen LogP contribution in [-0.2, 0) is 0 Å². The Hall–Kier alpha value is -3.74. The molecule has 4 rings (SSSR count). The first-order chi connectivity index (χ1) is 13.7. The van der Waals surface area contributed by atoms with Crippen LogP contribution in [0, 0.1) is 5.82 Å². The summed E-state index contributed by atoms with van der Waals surface area (Å²) in [5.74, 6) is 1.89. The predicted molar refractivity (Wildman–Crippen MR) is 106 cm³/mol. The Balaban J connectivity index is 1.92. The van der Waals surface area contributed by atoms with Gasteiger partial charge in [0.05, 0.1) is 19.7 Å². The van der Waals surface area contributed by atoms with Crippen molar-refractivity contribution in [2.75, 3.05) is 19.5 Å². The van der Waals surface area contributed by atoms with Gasteiger partial charge in [0.2, 0.25) is 0 Å². The summed E-state index contributed by atoms with van der Waals surface area (Å²) in [5, 5.41) is 4.06. The Bertz CT molecular complexity index is 1120. The molecule has 140 valence electrons. The van der Waals surface area contributed by atoms with Gasteiger partial charge in [-0.05, 0) is 42.5 Å². The van der Waals surface area contributed by atoms with Gasteiger partial charge in [-0.2, -0.15) is 0 Å². The van der Waals surface area contributed by atoms with Crippen molar-refractivity contribution in [3.63, 3.8) is 0 Å². The fraction of sp³-hybridized carbons (Fsp3) is 0.0952. The molecule has 0 unspecified atom stereocenters. The topological polar surface area (TPSA) is 69.2 Å². The smallest absolute Gasteiger partial charge is 0.162 e. The van der Waals surface area contributed by atoms with Crippen molar-refractivity contribution in [2.24, 2.45) is 0 Å². The van der Waals surface area contributed by atoms with Gasteiger partial charge >= 0.3 is 0 Å². The first-order valence-corrected chi connectivity index (χ1v) is 8.54. The molecule has 7 heteroatoms. The number of anilines is 2. The second-order valence-electron chi connectivity index (χ2n) is 5.99. The number of hydrogen-bond donors (Lipinski definition) is 1. The Morgan fingerprint density at radius 1 is 0.857 bits per heavy atom. The van der Waals surface area contributed by atoms with E-state index in [-0.39, 0.29) is 5.82 Å². The molecule has 28 heavy (non-hydrogen) atoms. The van der Waals surface area contributed by atoms with Crippen molar-refractivity contribution in [3.8, 4) is 22.9 Å². The van der Waals surface area contributed by atoms with Gasteiger partial charge in [0.15, 0.2) is 17.3 Å². The van der Waals surface area contributed by atoms with Crippen LogP contribution >= 0.6 is 0 Å². The first-order valence-electron chi connectivity index (χ1n) is 8.54. The third-order valence-electron chi connectivity index (χ3n) is 4.25. The Kier molecular flexibility index (Phi) is 4.72. The largest absolute Gasteiger partial charge is 0.493 e. The van der Waals surface area contributed by atoms with Crippen molar-refractivity contribution in [1.29, 1.82) is 0 Å². The normalized spacial score (nSPS) is 10.7. The summed E-state index contributed by atoms with van der Waals surface area (Å²) in [7, 11) is 3.15. The van der Waals surface area contributed by atoms with Gasteiger partial charge in [0.1, 0.15) is 11.6 Å². The summed E-state index contributed by atoms with van der Waals surface area (Å²) in [5.41, 5.74) is 2.20. The lowest BCUT2D eigenvalue weighted by Crippen LogP contribution is -2.01. The van der Waals surface area contributed by atoms with E-state index < -0.39 is 0 Å². The molecule has 2 aromatic heterocycles. The average Bonchev–Trinajstić information content (AvgIpc) is 2.74. The van der Waals surface area contributed by atoms with Gasteiger partial charge in [-0.3, -0.25) is 4.98 Å². The van der Waals surface area contributed by atoms with E-state index in [1.165, 1.54) is 12.1 Å². The molecule has 2 aromatic carbocycles. The molecule has 0 bridgehead atoms. The lowest BCUT2D eigenvalue weighted by Gasteiger charge is -2.14. The van der Waals surface area contributed by atoms with Gasteiger partial charge in [-0.15, -0.1) is 0 Å². The number of nitrogens with one attached hydrogen (secondary N) is 1. The highest BCUT2D eigenvalue weighted by Gasteiger charge is 2.14. The minimum atomic E-state index is -0.314. The Morgan fingerprint density at radius 3 is 2.21 bits per heavy atom. The average molecular weight is 376 g/mol. The summed E-state index contributed by atoms with van der Waals surface area (Å²) < 4.78 is 24.1. The fourth-order valence-corrected chi connectivity index (χ4v) is 2.85. The molecule has 4 aromatic rings. The van der Waals surface area contributed by atoms with Crippen LogP contribution in [0.1, 0.15) is 0 Å². The highest BCUT2D eigenvalue weighted by molar-refractivity contribution is 5.94. The molecule has 0 saturated carbocycles. The monoisotopic (exact) mass is 376 g/mol. The standard InChI is InChI=1S/C21H17FN4O2/c1-27-18-11-16-17(12-19(18)28-2)25-20(13-3-5-14(22)6-4-13)26-21(16)24-15-7-9-23-10-8-15/h3-12H,1-2H3,(H,23,24,25,26). The predicted octanol–water partition coefficient (Wildman–Crippen LogP) is 4.59. The molecule has 0 radical (unpaired) electrons. The number of methoxy groups -OCH3 is 2. The molecule has 6 nitrogen and oxygen atoms in total. The zero-order valence-electron chi connectivity index (χ0n) is 15.3. The number of nitrogens with zero attached hydrogens (tertiary/aromatic N) is 3. The van der Waals surface area contributed by atoms with E-state index in [1.54, 1.807) is 44.8 Å². The van der Waals surface area contributed by atoms with Gasteiger partial charge in [0.25, 0.3) is 0 Å². The maximum Gasteiger partial charge on any atom is 0.162 e. The third-order valence-corrected chi connectivity index (χ3v) is 4.25. The summed E-state index contributed by atoms with van der Waals surface area (Å²) in [4.78, 5) is 13.3. The van der Waals surface area contributed by atoms with E-state index in [4.69, 9.17) is 9.47 Å². The summed E-state index contributed by atoms with van der Waals surface area (Å²) >= 11 is 0. The lowest BCUT2D eigenvalue weighted by molar-refractivity contribution is 0.356. The van der Waals surface area contributed by atoms with Crippen molar-refractivity contribution in [2.45, 2.75) is 0 Å². The molecule has 2 heterocycles. The van der Waals surface area contributed by atoms with Crippen LogP contribution in [0.2, 0.25) is 0 Å². The number of hydrogen-bond acceptors (Lipinski definition) is 6. The molecular weight excluding hydrogens is 359 g/mol. The van der Waals surface area contributed by atoms with Crippen molar-refractivity contribution >= 4 is 22.4 Å². The van der Waals surface area contributed by atoms with E-state index in [1.807, 2.05) is 18.2 Å². The molecule has 0 aliphatic heterocycles. The Morgan fingerprint density at radius 2 is 1.54 bits per heavy atom. The van der Waals surface area contributed by atoms with Crippen molar-refractivity contribution in [1.82, 2.24) is 15.0 Å². The SMILES string of the molecule is COc1cc2nc(-c3ccc(F)cc3)nc(Nc3ccncc3)c2cc1OC. The van der Waals surface area contributed by atoms with Crippen LogP contribution in [0.15, 0.2) is 60.9 Å². The van der Waals surface area contributed by atoms with Crippen molar-refractivity contribution in [3.05, 3.63) is 66.7 Å². The van der Waals surface area contributed by atoms with Gasteiger partial charge in [-0.25, -0.2) is 14.4 Å². The van der Waals surface area contributed by atoms with Crippen LogP contribution < -0.4 is 14.8 Å². The quantitative estimate of drug-likeness (QED) is 0.549. The molecule has 0 saturated heterocycles. The number of benzene rings is 2. The third kappa shape index (κ3) is 3.42. The molecule has 0 fully saturated rings. The molecule has 0 atom stereocenters. The number of pyridine rings is 1. The highest BCUT2D eigenvalue weighted by atomic mass is 19.1. The van der Waals surface area contributed by atoms with E-state index >= 15 is 0 Å². The molecule has 0 amide bonds. The van der Waals surface area contributed by atoms with Crippen molar-refractivity contribution < 1.29 is 13.9 Å². The second-order valence-corrected chi connectivity index (χ2v) is 5.99. The van der Waals surface area contributed by atoms with E-state index in [2.05, 4.69) is 20.3 Å². The highest BCUT2D eigenvalue weighted by Crippen LogP contribution is 2.36. The lowest BCUT2D eigenvalue weighted by atomic mass is 10.1. The van der Waals surface area contributed by atoms with E-state index in [9.17, 15) is 4.39 Å². The minimum absolute atomic E-state index is 0.314. The maximum atomic E-state index is 13.3. The van der Waals surface area contributed by atoms with Crippen LogP contribution in [0.5, 0.6) is 11.5 Å². The number of fused-ring (bicyclic) bond motifs is 1. The molecule has 0 aliphatic carbocycles. The molecule has 1 N–H and O–H groups in total. The number of halogens is 1. The second kappa shape index (κ2) is 7.48. The summed E-state index contributed by atoms with van der Waals surface area (Å²) in [6.45, 7) is 0. The van der Waals surface area contributed by atoms with Crippen LogP contribution in [-0.4, -0.2) is 29.2 Å². The molecule has 0 spiro atoms. The zero-order chi connectivity index (χ0) is 19.5. The Labute approximate surface area is 161 Å². The van der Waals surface area contributed by atoms with Gasteiger partial charge < -0.3 is 14.8 Å². The number of rotatable bonds is 5.